The summed E-state index contributed by atoms with van der Waals surface area (Å²) in [6, 6.07) is 1.96. The lowest BCUT2D eigenvalue weighted by Gasteiger charge is -2.14. The van der Waals surface area contributed by atoms with Crippen LogP contribution >= 0.6 is 15.9 Å². The number of halogens is 3. The Kier molecular flexibility index (Phi) is 4.27. The fourth-order valence-electron chi connectivity index (χ4n) is 1.13. The molecule has 0 saturated carbocycles. The molecule has 0 radical (unpaired) electrons. The van der Waals surface area contributed by atoms with E-state index in [-0.39, 0.29) is 16.3 Å². The molecule has 1 aromatic carbocycles. The van der Waals surface area contributed by atoms with Crippen molar-refractivity contribution in [2.75, 3.05) is 0 Å². The summed E-state index contributed by atoms with van der Waals surface area (Å²) in [5.74, 6) is -1.31. The Morgan fingerprint density at radius 1 is 1.53 bits per heavy atom. The van der Waals surface area contributed by atoms with Crippen molar-refractivity contribution in [2.24, 2.45) is 0 Å². The van der Waals surface area contributed by atoms with Crippen LogP contribution in [0.3, 0.4) is 0 Å². The molecule has 82 valence electrons. The molecule has 0 fully saturated rings. The van der Waals surface area contributed by atoms with Gasteiger partial charge in [0.15, 0.2) is 11.6 Å². The summed E-state index contributed by atoms with van der Waals surface area (Å²) in [7, 11) is 0. The maximum absolute atomic E-state index is 13.3. The van der Waals surface area contributed by atoms with Crippen molar-refractivity contribution in [2.45, 2.75) is 19.4 Å². The second-order valence-corrected chi connectivity index (χ2v) is 4.01. The van der Waals surface area contributed by atoms with Crippen LogP contribution in [0.5, 0.6) is 5.75 Å². The minimum absolute atomic E-state index is 0.0331. The Balaban J connectivity index is 2.89. The Morgan fingerprint density at radius 2 is 2.20 bits per heavy atom. The van der Waals surface area contributed by atoms with Gasteiger partial charge in [-0.2, -0.15) is 0 Å². The van der Waals surface area contributed by atoms with E-state index in [1.54, 1.807) is 13.0 Å². The van der Waals surface area contributed by atoms with Gasteiger partial charge in [-0.05, 0) is 28.9 Å². The molecule has 1 rings (SSSR count). The standard InChI is InChI=1S/C11H11BrF2O/c1-3-4-7(2)15-11-9(12)5-8(13)6-10(11)14/h3,5-7H,1,4H2,2H3/t7-/m0/s1. The average Bonchev–Trinajstić information content (AvgIpc) is 2.11. The molecule has 1 atom stereocenters. The van der Waals surface area contributed by atoms with Crippen molar-refractivity contribution < 1.29 is 13.5 Å². The van der Waals surface area contributed by atoms with Crippen LogP contribution in [0.1, 0.15) is 13.3 Å². The van der Waals surface area contributed by atoms with Crippen molar-refractivity contribution in [3.8, 4) is 5.75 Å². The Bertz CT molecular complexity index is 343. The van der Waals surface area contributed by atoms with Crippen LogP contribution in [-0.4, -0.2) is 6.10 Å². The molecule has 15 heavy (non-hydrogen) atoms. The fourth-order valence-corrected chi connectivity index (χ4v) is 1.63. The molecule has 0 aliphatic heterocycles. The van der Waals surface area contributed by atoms with Crippen molar-refractivity contribution in [1.82, 2.24) is 0 Å². The molecule has 0 bridgehead atoms. The third-order valence-corrected chi connectivity index (χ3v) is 2.37. The van der Waals surface area contributed by atoms with Crippen molar-refractivity contribution in [3.63, 3.8) is 0 Å². The van der Waals surface area contributed by atoms with Gasteiger partial charge in [-0.15, -0.1) is 6.58 Å². The summed E-state index contributed by atoms with van der Waals surface area (Å²) in [6.07, 6.45) is 2.09. The Hall–Kier alpha value is -0.900. The smallest absolute Gasteiger partial charge is 0.169 e. The second-order valence-electron chi connectivity index (χ2n) is 3.15. The van der Waals surface area contributed by atoms with E-state index in [1.165, 1.54) is 6.07 Å². The quantitative estimate of drug-likeness (QED) is 0.754. The van der Waals surface area contributed by atoms with Crippen LogP contribution in [0.15, 0.2) is 29.3 Å². The molecule has 0 saturated heterocycles. The average molecular weight is 277 g/mol. The molecule has 0 heterocycles. The lowest BCUT2D eigenvalue weighted by Crippen LogP contribution is -2.11. The molecule has 4 heteroatoms. The Labute approximate surface area is 95.9 Å². The molecule has 0 aromatic heterocycles. The highest BCUT2D eigenvalue weighted by molar-refractivity contribution is 9.10. The highest BCUT2D eigenvalue weighted by Gasteiger charge is 2.13. The first-order valence-corrected chi connectivity index (χ1v) is 5.26. The van der Waals surface area contributed by atoms with Crippen LogP contribution in [0, 0.1) is 11.6 Å². The van der Waals surface area contributed by atoms with Crippen LogP contribution in [0.4, 0.5) is 8.78 Å². The van der Waals surface area contributed by atoms with E-state index in [2.05, 4.69) is 22.5 Å². The minimum Gasteiger partial charge on any atom is -0.486 e. The molecule has 0 aliphatic carbocycles. The van der Waals surface area contributed by atoms with Gasteiger partial charge < -0.3 is 4.74 Å². The third kappa shape index (κ3) is 3.30. The first kappa shape index (κ1) is 12.2. The zero-order chi connectivity index (χ0) is 11.4. The van der Waals surface area contributed by atoms with Crippen LogP contribution in [0.25, 0.3) is 0 Å². The number of benzene rings is 1. The van der Waals surface area contributed by atoms with E-state index >= 15 is 0 Å². The van der Waals surface area contributed by atoms with E-state index < -0.39 is 11.6 Å². The van der Waals surface area contributed by atoms with Gasteiger partial charge in [0.25, 0.3) is 0 Å². The number of hydrogen-bond donors (Lipinski definition) is 0. The molecule has 0 unspecified atom stereocenters. The second kappa shape index (κ2) is 5.26. The van der Waals surface area contributed by atoms with Crippen molar-refractivity contribution in [3.05, 3.63) is 40.9 Å². The molecule has 0 aliphatic rings. The monoisotopic (exact) mass is 276 g/mol. The number of hydrogen-bond acceptors (Lipinski definition) is 1. The normalized spacial score (nSPS) is 12.3. The predicted octanol–water partition coefficient (Wildman–Crippen LogP) is 4.07. The first-order valence-electron chi connectivity index (χ1n) is 4.46. The van der Waals surface area contributed by atoms with Crippen molar-refractivity contribution in [1.29, 1.82) is 0 Å². The van der Waals surface area contributed by atoms with Gasteiger partial charge in [-0.25, -0.2) is 8.78 Å². The summed E-state index contributed by atoms with van der Waals surface area (Å²) in [5.41, 5.74) is 0. The third-order valence-electron chi connectivity index (χ3n) is 1.78. The predicted molar refractivity (Wildman–Crippen MR) is 59.0 cm³/mol. The fraction of sp³-hybridized carbons (Fsp3) is 0.273. The van der Waals surface area contributed by atoms with Crippen molar-refractivity contribution >= 4 is 15.9 Å². The molecule has 0 amide bonds. The van der Waals surface area contributed by atoms with Crippen LogP contribution < -0.4 is 4.74 Å². The minimum atomic E-state index is -0.710. The van der Waals surface area contributed by atoms with Gasteiger partial charge in [0, 0.05) is 12.5 Å². The van der Waals surface area contributed by atoms with Gasteiger partial charge >= 0.3 is 0 Å². The van der Waals surface area contributed by atoms with E-state index in [9.17, 15) is 8.78 Å². The number of ether oxygens (including phenoxy) is 1. The van der Waals surface area contributed by atoms with E-state index in [0.717, 1.165) is 6.07 Å². The molecule has 0 N–H and O–H groups in total. The molecular formula is C11H11BrF2O. The lowest BCUT2D eigenvalue weighted by molar-refractivity contribution is 0.213. The van der Waals surface area contributed by atoms with Gasteiger partial charge in [0.2, 0.25) is 0 Å². The van der Waals surface area contributed by atoms with Gasteiger partial charge in [0.1, 0.15) is 5.82 Å². The molecule has 0 spiro atoms. The summed E-state index contributed by atoms with van der Waals surface area (Å²) < 4.78 is 31.6. The summed E-state index contributed by atoms with van der Waals surface area (Å²) >= 11 is 3.05. The summed E-state index contributed by atoms with van der Waals surface area (Å²) in [5, 5.41) is 0. The van der Waals surface area contributed by atoms with E-state index in [4.69, 9.17) is 4.74 Å². The summed E-state index contributed by atoms with van der Waals surface area (Å²) in [6.45, 7) is 5.34. The van der Waals surface area contributed by atoms with Gasteiger partial charge in [0.05, 0.1) is 10.6 Å². The zero-order valence-electron chi connectivity index (χ0n) is 8.27. The Morgan fingerprint density at radius 3 is 2.73 bits per heavy atom. The van der Waals surface area contributed by atoms with Gasteiger partial charge in [-0.1, -0.05) is 6.08 Å². The summed E-state index contributed by atoms with van der Waals surface area (Å²) in [4.78, 5) is 0. The number of rotatable bonds is 4. The highest BCUT2D eigenvalue weighted by atomic mass is 79.9. The maximum Gasteiger partial charge on any atom is 0.169 e. The topological polar surface area (TPSA) is 9.23 Å². The molecule has 1 aromatic rings. The van der Waals surface area contributed by atoms with E-state index in [0.29, 0.717) is 6.42 Å². The molecule has 1 nitrogen and oxygen atoms in total. The molecular weight excluding hydrogens is 266 g/mol. The largest absolute Gasteiger partial charge is 0.486 e. The SMILES string of the molecule is C=CC[C@H](C)Oc1c(F)cc(F)cc1Br. The maximum atomic E-state index is 13.3. The van der Waals surface area contributed by atoms with Gasteiger partial charge in [-0.3, -0.25) is 0 Å². The first-order chi connectivity index (χ1) is 7.04. The van der Waals surface area contributed by atoms with Crippen LogP contribution in [-0.2, 0) is 0 Å². The highest BCUT2D eigenvalue weighted by Crippen LogP contribution is 2.30. The lowest BCUT2D eigenvalue weighted by atomic mass is 10.2. The zero-order valence-corrected chi connectivity index (χ0v) is 9.85. The van der Waals surface area contributed by atoms with Crippen LogP contribution in [0.2, 0.25) is 0 Å². The van der Waals surface area contributed by atoms with E-state index in [1.807, 2.05) is 0 Å².